The summed E-state index contributed by atoms with van der Waals surface area (Å²) in [5, 5.41) is 8.81. The van der Waals surface area contributed by atoms with Crippen LogP contribution < -0.4 is 0 Å². The van der Waals surface area contributed by atoms with Crippen LogP contribution in [0.3, 0.4) is 0 Å². The van der Waals surface area contributed by atoms with E-state index in [2.05, 4.69) is 0 Å². The zero-order chi connectivity index (χ0) is 11.4. The molecule has 2 heterocycles. The molecule has 1 fully saturated rings. The number of furan rings is 1. The topological polar surface area (TPSA) is 53.7 Å². The van der Waals surface area contributed by atoms with E-state index in [4.69, 9.17) is 9.52 Å². The van der Waals surface area contributed by atoms with Crippen LogP contribution in [0.25, 0.3) is 0 Å². The van der Waals surface area contributed by atoms with Gasteiger partial charge in [0.25, 0.3) is 5.91 Å². The monoisotopic (exact) mass is 223 g/mol. The maximum atomic E-state index is 12.1. The second kappa shape index (κ2) is 5.16. The number of aliphatic hydroxyl groups is 1. The zero-order valence-electron chi connectivity index (χ0n) is 9.26. The molecule has 1 aromatic rings. The fourth-order valence-corrected chi connectivity index (χ4v) is 2.27. The van der Waals surface area contributed by atoms with Gasteiger partial charge in [0.15, 0.2) is 5.76 Å². The van der Waals surface area contributed by atoms with Crippen molar-refractivity contribution in [1.29, 1.82) is 0 Å². The Balaban J connectivity index is 1.99. The number of carbonyl (C=O) groups excluding carboxylic acids is 1. The lowest BCUT2D eigenvalue weighted by molar-refractivity contribution is 0.0692. The molecule has 1 aliphatic rings. The van der Waals surface area contributed by atoms with E-state index in [0.717, 1.165) is 32.2 Å². The molecule has 0 aliphatic carbocycles. The van der Waals surface area contributed by atoms with E-state index in [1.807, 2.05) is 4.90 Å². The molecule has 0 radical (unpaired) electrons. The van der Waals surface area contributed by atoms with Crippen molar-refractivity contribution >= 4 is 5.91 Å². The molecular weight excluding hydrogens is 206 g/mol. The Morgan fingerprint density at radius 1 is 1.62 bits per heavy atom. The molecule has 16 heavy (non-hydrogen) atoms. The maximum absolute atomic E-state index is 12.1. The number of rotatable bonds is 4. The predicted octanol–water partition coefficient (Wildman–Crippen LogP) is 1.66. The molecule has 1 atom stereocenters. The molecule has 1 unspecified atom stereocenters. The number of aliphatic hydroxyl groups excluding tert-OH is 1. The first kappa shape index (κ1) is 11.2. The highest BCUT2D eigenvalue weighted by Crippen LogP contribution is 2.23. The average Bonchev–Trinajstić information content (AvgIpc) is 2.96. The van der Waals surface area contributed by atoms with E-state index in [1.54, 1.807) is 12.1 Å². The molecule has 1 aliphatic heterocycles. The second-order valence-corrected chi connectivity index (χ2v) is 4.14. The van der Waals surface area contributed by atoms with Crippen LogP contribution in [0, 0.1) is 0 Å². The van der Waals surface area contributed by atoms with E-state index >= 15 is 0 Å². The molecule has 88 valence electrons. The van der Waals surface area contributed by atoms with Gasteiger partial charge in [0, 0.05) is 19.2 Å². The number of nitrogens with zero attached hydrogens (tertiary/aromatic N) is 1. The van der Waals surface area contributed by atoms with Crippen LogP contribution in [0.2, 0.25) is 0 Å². The summed E-state index contributed by atoms with van der Waals surface area (Å²) in [5.74, 6) is 0.390. The van der Waals surface area contributed by atoms with Gasteiger partial charge in [0.05, 0.1) is 6.26 Å². The summed E-state index contributed by atoms with van der Waals surface area (Å²) in [6.45, 7) is 0.995. The summed E-state index contributed by atoms with van der Waals surface area (Å²) in [6.07, 6.45) is 5.23. The fraction of sp³-hybridized carbons (Fsp3) is 0.583. The summed E-state index contributed by atoms with van der Waals surface area (Å²) in [5.41, 5.74) is 0. The third-order valence-electron chi connectivity index (χ3n) is 3.07. The molecule has 1 saturated heterocycles. The van der Waals surface area contributed by atoms with Gasteiger partial charge in [-0.1, -0.05) is 0 Å². The van der Waals surface area contributed by atoms with Gasteiger partial charge in [0.1, 0.15) is 0 Å². The van der Waals surface area contributed by atoms with E-state index in [1.165, 1.54) is 6.26 Å². The molecule has 2 rings (SSSR count). The lowest BCUT2D eigenvalue weighted by Crippen LogP contribution is -2.35. The first-order chi connectivity index (χ1) is 7.83. The normalized spacial score (nSPS) is 20.3. The van der Waals surface area contributed by atoms with Gasteiger partial charge in [0.2, 0.25) is 0 Å². The molecule has 1 aromatic heterocycles. The van der Waals surface area contributed by atoms with E-state index in [0.29, 0.717) is 5.76 Å². The number of carbonyl (C=O) groups is 1. The average molecular weight is 223 g/mol. The van der Waals surface area contributed by atoms with Crippen LogP contribution in [0.15, 0.2) is 22.8 Å². The molecule has 0 saturated carbocycles. The van der Waals surface area contributed by atoms with Gasteiger partial charge in [-0.15, -0.1) is 0 Å². The van der Waals surface area contributed by atoms with Crippen molar-refractivity contribution in [2.75, 3.05) is 13.2 Å². The number of hydrogen-bond donors (Lipinski definition) is 1. The van der Waals surface area contributed by atoms with Gasteiger partial charge in [-0.25, -0.2) is 0 Å². The Bertz CT molecular complexity index is 334. The molecule has 1 amide bonds. The van der Waals surface area contributed by atoms with Crippen LogP contribution in [0.4, 0.5) is 0 Å². The van der Waals surface area contributed by atoms with Crippen LogP contribution in [0.5, 0.6) is 0 Å². The third-order valence-corrected chi connectivity index (χ3v) is 3.07. The maximum Gasteiger partial charge on any atom is 0.289 e. The summed E-state index contributed by atoms with van der Waals surface area (Å²) in [6, 6.07) is 3.69. The van der Waals surface area contributed by atoms with Crippen LogP contribution >= 0.6 is 0 Å². The van der Waals surface area contributed by atoms with E-state index in [9.17, 15) is 4.79 Å². The molecule has 4 nitrogen and oxygen atoms in total. The Kier molecular flexibility index (Phi) is 3.62. The van der Waals surface area contributed by atoms with Gasteiger partial charge < -0.3 is 14.4 Å². The smallest absolute Gasteiger partial charge is 0.289 e. The Morgan fingerprint density at radius 3 is 3.19 bits per heavy atom. The summed E-state index contributed by atoms with van der Waals surface area (Å²) >= 11 is 0. The number of amides is 1. The van der Waals surface area contributed by atoms with Gasteiger partial charge in [-0.05, 0) is 37.8 Å². The second-order valence-electron chi connectivity index (χ2n) is 4.14. The van der Waals surface area contributed by atoms with E-state index in [-0.39, 0.29) is 18.6 Å². The van der Waals surface area contributed by atoms with Crippen molar-refractivity contribution in [1.82, 2.24) is 4.90 Å². The SMILES string of the molecule is O=C(c1ccco1)N1CCCC1CCCO. The zero-order valence-corrected chi connectivity index (χ0v) is 9.26. The standard InChI is InChI=1S/C12H17NO3/c14-8-2-5-10-4-1-7-13(10)12(15)11-6-3-9-16-11/h3,6,9-10,14H,1-2,4-5,7-8H2. The minimum Gasteiger partial charge on any atom is -0.459 e. The molecule has 0 aromatic carbocycles. The van der Waals surface area contributed by atoms with Gasteiger partial charge in [-0.2, -0.15) is 0 Å². The highest BCUT2D eigenvalue weighted by molar-refractivity contribution is 5.91. The fourth-order valence-electron chi connectivity index (χ4n) is 2.27. The largest absolute Gasteiger partial charge is 0.459 e. The summed E-state index contributed by atoms with van der Waals surface area (Å²) in [7, 11) is 0. The lowest BCUT2D eigenvalue weighted by Gasteiger charge is -2.23. The van der Waals surface area contributed by atoms with Crippen molar-refractivity contribution in [3.05, 3.63) is 24.2 Å². The van der Waals surface area contributed by atoms with Crippen molar-refractivity contribution in [2.45, 2.75) is 31.7 Å². The Hall–Kier alpha value is -1.29. The summed E-state index contributed by atoms with van der Waals surface area (Å²) < 4.78 is 5.12. The van der Waals surface area contributed by atoms with E-state index < -0.39 is 0 Å². The highest BCUT2D eigenvalue weighted by atomic mass is 16.3. The third kappa shape index (κ3) is 2.27. The lowest BCUT2D eigenvalue weighted by atomic mass is 10.1. The molecule has 4 heteroatoms. The first-order valence-corrected chi connectivity index (χ1v) is 5.78. The Morgan fingerprint density at radius 2 is 2.50 bits per heavy atom. The molecular formula is C12H17NO3. The van der Waals surface area contributed by atoms with Gasteiger partial charge >= 0.3 is 0 Å². The Labute approximate surface area is 94.9 Å². The van der Waals surface area contributed by atoms with Crippen molar-refractivity contribution in [3.63, 3.8) is 0 Å². The van der Waals surface area contributed by atoms with Crippen LogP contribution in [-0.2, 0) is 0 Å². The quantitative estimate of drug-likeness (QED) is 0.844. The van der Waals surface area contributed by atoms with Crippen molar-refractivity contribution in [2.24, 2.45) is 0 Å². The van der Waals surface area contributed by atoms with Gasteiger partial charge in [-0.3, -0.25) is 4.79 Å². The summed E-state index contributed by atoms with van der Waals surface area (Å²) in [4.78, 5) is 13.9. The molecule has 1 N–H and O–H groups in total. The predicted molar refractivity (Wildman–Crippen MR) is 59.1 cm³/mol. The minimum atomic E-state index is -0.0227. The number of hydrogen-bond acceptors (Lipinski definition) is 3. The number of likely N-dealkylation sites (tertiary alicyclic amines) is 1. The van der Waals surface area contributed by atoms with Crippen molar-refractivity contribution < 1.29 is 14.3 Å². The molecule has 0 bridgehead atoms. The highest BCUT2D eigenvalue weighted by Gasteiger charge is 2.29. The van der Waals surface area contributed by atoms with Crippen LogP contribution in [-0.4, -0.2) is 35.1 Å². The minimum absolute atomic E-state index is 0.0227. The van der Waals surface area contributed by atoms with Crippen LogP contribution in [0.1, 0.15) is 36.2 Å². The van der Waals surface area contributed by atoms with Crippen molar-refractivity contribution in [3.8, 4) is 0 Å². The first-order valence-electron chi connectivity index (χ1n) is 5.78. The molecule has 0 spiro atoms.